The van der Waals surface area contributed by atoms with Crippen molar-refractivity contribution in [1.82, 2.24) is 9.97 Å². The van der Waals surface area contributed by atoms with Crippen molar-refractivity contribution in [3.63, 3.8) is 0 Å². The molecule has 84 valence electrons. The highest BCUT2D eigenvalue weighted by Crippen LogP contribution is 2.24. The van der Waals surface area contributed by atoms with Crippen LogP contribution >= 0.6 is 0 Å². The molecule has 0 atom stereocenters. The van der Waals surface area contributed by atoms with Crippen molar-refractivity contribution >= 4 is 17.5 Å². The Morgan fingerprint density at radius 3 is 2.76 bits per heavy atom. The first-order valence-electron chi connectivity index (χ1n) is 5.04. The second-order valence-corrected chi connectivity index (χ2v) is 3.46. The van der Waals surface area contributed by atoms with Crippen molar-refractivity contribution in [3.05, 3.63) is 42.1 Å². The summed E-state index contributed by atoms with van der Waals surface area (Å²) in [5.41, 5.74) is 6.91. The van der Waals surface area contributed by atoms with Gasteiger partial charge in [-0.15, -0.1) is 0 Å². The van der Waals surface area contributed by atoms with Gasteiger partial charge in [0.1, 0.15) is 11.9 Å². The van der Waals surface area contributed by atoms with Crippen LogP contribution in [0.25, 0.3) is 0 Å². The SMILES string of the molecule is CN(c1ccnc(N)n1)c1ccccc1C#N. The predicted octanol–water partition coefficient (Wildman–Crippen LogP) is 1.70. The summed E-state index contributed by atoms with van der Waals surface area (Å²) >= 11 is 0. The zero-order chi connectivity index (χ0) is 12.3. The summed E-state index contributed by atoms with van der Waals surface area (Å²) in [6, 6.07) is 11.2. The van der Waals surface area contributed by atoms with Crippen LogP contribution < -0.4 is 10.6 Å². The third kappa shape index (κ3) is 2.16. The number of nitrogens with zero attached hydrogens (tertiary/aromatic N) is 4. The Labute approximate surface area is 99.1 Å². The fraction of sp³-hybridized carbons (Fsp3) is 0.0833. The van der Waals surface area contributed by atoms with Gasteiger partial charge in [0.25, 0.3) is 0 Å². The van der Waals surface area contributed by atoms with Gasteiger partial charge in [0.2, 0.25) is 5.95 Å². The Kier molecular flexibility index (Phi) is 2.88. The average Bonchev–Trinajstić information content (AvgIpc) is 2.38. The van der Waals surface area contributed by atoms with Crippen molar-refractivity contribution in [3.8, 4) is 6.07 Å². The van der Waals surface area contributed by atoms with Crippen LogP contribution in [0.2, 0.25) is 0 Å². The third-order valence-electron chi connectivity index (χ3n) is 2.39. The van der Waals surface area contributed by atoms with E-state index in [-0.39, 0.29) is 5.95 Å². The number of nitriles is 1. The van der Waals surface area contributed by atoms with Crippen molar-refractivity contribution in [2.75, 3.05) is 17.7 Å². The number of hydrogen-bond acceptors (Lipinski definition) is 5. The first kappa shape index (κ1) is 10.9. The van der Waals surface area contributed by atoms with Crippen LogP contribution in [0.5, 0.6) is 0 Å². The van der Waals surface area contributed by atoms with Crippen LogP contribution in [0.4, 0.5) is 17.5 Å². The van der Waals surface area contributed by atoms with Gasteiger partial charge in [0, 0.05) is 13.2 Å². The fourth-order valence-electron chi connectivity index (χ4n) is 1.53. The molecule has 1 heterocycles. The molecule has 2 rings (SSSR count). The second kappa shape index (κ2) is 4.49. The van der Waals surface area contributed by atoms with E-state index in [0.29, 0.717) is 11.4 Å². The van der Waals surface area contributed by atoms with Gasteiger partial charge >= 0.3 is 0 Å². The van der Waals surface area contributed by atoms with Crippen molar-refractivity contribution in [2.24, 2.45) is 0 Å². The summed E-state index contributed by atoms with van der Waals surface area (Å²) in [4.78, 5) is 9.74. The molecular formula is C12H11N5. The summed E-state index contributed by atoms with van der Waals surface area (Å²) in [5, 5.41) is 9.03. The summed E-state index contributed by atoms with van der Waals surface area (Å²) in [6.45, 7) is 0. The van der Waals surface area contributed by atoms with E-state index in [2.05, 4.69) is 16.0 Å². The smallest absolute Gasteiger partial charge is 0.221 e. The number of para-hydroxylation sites is 1. The van der Waals surface area contributed by atoms with Gasteiger partial charge in [-0.25, -0.2) is 4.98 Å². The molecule has 2 aromatic rings. The number of nitrogen functional groups attached to an aromatic ring is 1. The lowest BCUT2D eigenvalue weighted by Crippen LogP contribution is -2.13. The molecule has 0 saturated heterocycles. The van der Waals surface area contributed by atoms with E-state index in [1.54, 1.807) is 23.2 Å². The molecule has 5 nitrogen and oxygen atoms in total. The minimum absolute atomic E-state index is 0.212. The quantitative estimate of drug-likeness (QED) is 0.841. The molecule has 0 aliphatic rings. The topological polar surface area (TPSA) is 78.8 Å². The van der Waals surface area contributed by atoms with Gasteiger partial charge < -0.3 is 10.6 Å². The van der Waals surface area contributed by atoms with E-state index in [4.69, 9.17) is 11.0 Å². The van der Waals surface area contributed by atoms with Crippen molar-refractivity contribution in [2.45, 2.75) is 0 Å². The maximum Gasteiger partial charge on any atom is 0.221 e. The molecule has 1 aromatic carbocycles. The van der Waals surface area contributed by atoms with Gasteiger partial charge in [0.05, 0.1) is 11.3 Å². The Bertz CT molecular complexity index is 573. The van der Waals surface area contributed by atoms with Crippen LogP contribution in [0.3, 0.4) is 0 Å². The highest BCUT2D eigenvalue weighted by Gasteiger charge is 2.09. The van der Waals surface area contributed by atoms with Gasteiger partial charge in [-0.3, -0.25) is 0 Å². The van der Waals surface area contributed by atoms with Crippen LogP contribution in [0.1, 0.15) is 5.56 Å². The zero-order valence-corrected chi connectivity index (χ0v) is 9.33. The number of nitrogens with two attached hydrogens (primary N) is 1. The molecular weight excluding hydrogens is 214 g/mol. The van der Waals surface area contributed by atoms with E-state index in [1.165, 1.54) is 0 Å². The van der Waals surface area contributed by atoms with Gasteiger partial charge in [-0.1, -0.05) is 12.1 Å². The molecule has 2 N–H and O–H groups in total. The summed E-state index contributed by atoms with van der Waals surface area (Å²) in [6.07, 6.45) is 1.59. The van der Waals surface area contributed by atoms with E-state index in [1.807, 2.05) is 25.2 Å². The Hall–Kier alpha value is -2.61. The van der Waals surface area contributed by atoms with Crippen molar-refractivity contribution in [1.29, 1.82) is 5.26 Å². The molecule has 1 aromatic heterocycles. The third-order valence-corrected chi connectivity index (χ3v) is 2.39. The molecule has 0 bridgehead atoms. The molecule has 0 unspecified atom stereocenters. The highest BCUT2D eigenvalue weighted by molar-refractivity contribution is 5.66. The zero-order valence-electron chi connectivity index (χ0n) is 9.33. The lowest BCUT2D eigenvalue weighted by atomic mass is 10.2. The molecule has 0 radical (unpaired) electrons. The molecule has 0 spiro atoms. The van der Waals surface area contributed by atoms with E-state index >= 15 is 0 Å². The van der Waals surface area contributed by atoms with Crippen LogP contribution in [-0.2, 0) is 0 Å². The lowest BCUT2D eigenvalue weighted by molar-refractivity contribution is 1.09. The standard InChI is InChI=1S/C12H11N5/c1-17(11-6-7-15-12(14)16-11)10-5-3-2-4-9(10)8-13/h2-7H,1H3,(H2,14,15,16). The number of rotatable bonds is 2. The average molecular weight is 225 g/mol. The number of hydrogen-bond donors (Lipinski definition) is 1. The maximum absolute atomic E-state index is 9.03. The maximum atomic E-state index is 9.03. The monoisotopic (exact) mass is 225 g/mol. The second-order valence-electron chi connectivity index (χ2n) is 3.46. The Morgan fingerprint density at radius 1 is 1.29 bits per heavy atom. The predicted molar refractivity (Wildman–Crippen MR) is 65.7 cm³/mol. The minimum atomic E-state index is 0.212. The van der Waals surface area contributed by atoms with Gasteiger partial charge in [-0.05, 0) is 18.2 Å². The molecule has 17 heavy (non-hydrogen) atoms. The van der Waals surface area contributed by atoms with Gasteiger partial charge in [-0.2, -0.15) is 10.2 Å². The lowest BCUT2D eigenvalue weighted by Gasteiger charge is -2.19. The summed E-state index contributed by atoms with van der Waals surface area (Å²) < 4.78 is 0. The highest BCUT2D eigenvalue weighted by atomic mass is 15.2. The molecule has 0 fully saturated rings. The fourth-order valence-corrected chi connectivity index (χ4v) is 1.53. The molecule has 0 amide bonds. The number of benzene rings is 1. The first-order valence-corrected chi connectivity index (χ1v) is 5.04. The van der Waals surface area contributed by atoms with Crippen LogP contribution in [0, 0.1) is 11.3 Å². The number of aromatic nitrogens is 2. The largest absolute Gasteiger partial charge is 0.368 e. The molecule has 0 aliphatic heterocycles. The molecule has 0 saturated carbocycles. The van der Waals surface area contributed by atoms with E-state index in [0.717, 1.165) is 5.69 Å². The Balaban J connectivity index is 2.44. The Morgan fingerprint density at radius 2 is 2.06 bits per heavy atom. The normalized spacial score (nSPS) is 9.65. The molecule has 5 heteroatoms. The number of anilines is 3. The van der Waals surface area contributed by atoms with Gasteiger partial charge in [0.15, 0.2) is 0 Å². The van der Waals surface area contributed by atoms with E-state index in [9.17, 15) is 0 Å². The minimum Gasteiger partial charge on any atom is -0.368 e. The van der Waals surface area contributed by atoms with Crippen molar-refractivity contribution < 1.29 is 0 Å². The summed E-state index contributed by atoms with van der Waals surface area (Å²) in [5.74, 6) is 0.865. The van der Waals surface area contributed by atoms with Crippen LogP contribution in [-0.4, -0.2) is 17.0 Å². The summed E-state index contributed by atoms with van der Waals surface area (Å²) in [7, 11) is 1.83. The first-order chi connectivity index (χ1) is 8.22. The molecule has 0 aliphatic carbocycles. The van der Waals surface area contributed by atoms with E-state index < -0.39 is 0 Å². The van der Waals surface area contributed by atoms with Crippen LogP contribution in [0.15, 0.2) is 36.5 Å².